The molecule has 0 fully saturated rings. The molecule has 1 N–H and O–H groups in total. The molecule has 1 atom stereocenters. The van der Waals surface area contributed by atoms with E-state index in [0.717, 1.165) is 11.1 Å². The Hall–Kier alpha value is -1.08. The average Bonchev–Trinajstić information content (AvgIpc) is 2.03. The van der Waals surface area contributed by atoms with Gasteiger partial charge in [-0.15, -0.1) is 0 Å². The van der Waals surface area contributed by atoms with Crippen LogP contribution in [0.4, 0.5) is 0 Å². The van der Waals surface area contributed by atoms with Crippen molar-refractivity contribution >= 4 is 5.57 Å². The fraction of sp³-hybridized carbons (Fsp3) is 0.333. The highest BCUT2D eigenvalue weighted by Gasteiger charge is 2.07. The van der Waals surface area contributed by atoms with Gasteiger partial charge in [0.15, 0.2) is 0 Å². The molecule has 0 heterocycles. The van der Waals surface area contributed by atoms with Crippen molar-refractivity contribution in [3.63, 3.8) is 0 Å². The van der Waals surface area contributed by atoms with Crippen molar-refractivity contribution in [1.29, 1.82) is 0 Å². The lowest BCUT2D eigenvalue weighted by Gasteiger charge is -2.12. The third-order valence-electron chi connectivity index (χ3n) is 2.23. The van der Waals surface area contributed by atoms with E-state index >= 15 is 0 Å². The van der Waals surface area contributed by atoms with Gasteiger partial charge in [-0.3, -0.25) is 0 Å². The first-order chi connectivity index (χ1) is 6.02. The summed E-state index contributed by atoms with van der Waals surface area (Å²) in [6.45, 7) is 9.70. The van der Waals surface area contributed by atoms with Gasteiger partial charge < -0.3 is 5.11 Å². The average molecular weight is 176 g/mol. The second-order valence-corrected chi connectivity index (χ2v) is 3.52. The van der Waals surface area contributed by atoms with E-state index < -0.39 is 6.10 Å². The van der Waals surface area contributed by atoms with Crippen LogP contribution in [0.15, 0.2) is 24.8 Å². The molecule has 1 rings (SSSR count). The Labute approximate surface area is 79.7 Å². The van der Waals surface area contributed by atoms with Gasteiger partial charge in [0.2, 0.25) is 0 Å². The summed E-state index contributed by atoms with van der Waals surface area (Å²) in [7, 11) is 0. The van der Waals surface area contributed by atoms with Gasteiger partial charge in [0, 0.05) is 0 Å². The zero-order chi connectivity index (χ0) is 10.0. The molecule has 0 amide bonds. The zero-order valence-electron chi connectivity index (χ0n) is 8.46. The molecule has 0 aliphatic heterocycles. The van der Waals surface area contributed by atoms with Gasteiger partial charge in [-0.2, -0.15) is 0 Å². The Kier molecular flexibility index (Phi) is 2.89. The molecule has 1 nitrogen and oxygen atoms in total. The first-order valence-electron chi connectivity index (χ1n) is 4.47. The third kappa shape index (κ3) is 2.19. The number of benzene rings is 1. The van der Waals surface area contributed by atoms with Crippen LogP contribution in [0.25, 0.3) is 5.57 Å². The molecule has 1 aromatic rings. The molecular formula is C12H16O. The van der Waals surface area contributed by atoms with Crippen LogP contribution in [0.3, 0.4) is 0 Å². The molecule has 0 spiro atoms. The summed E-state index contributed by atoms with van der Waals surface area (Å²) < 4.78 is 0. The Morgan fingerprint density at radius 2 is 2.00 bits per heavy atom. The number of aliphatic hydroxyl groups is 1. The van der Waals surface area contributed by atoms with E-state index in [4.69, 9.17) is 0 Å². The summed E-state index contributed by atoms with van der Waals surface area (Å²) >= 11 is 0. The highest BCUT2D eigenvalue weighted by atomic mass is 16.3. The smallest absolute Gasteiger partial charge is 0.0762 e. The van der Waals surface area contributed by atoms with Gasteiger partial charge in [0.25, 0.3) is 0 Å². The van der Waals surface area contributed by atoms with Crippen LogP contribution in [0.1, 0.15) is 23.6 Å². The monoisotopic (exact) mass is 176 g/mol. The summed E-state index contributed by atoms with van der Waals surface area (Å²) in [5, 5.41) is 9.37. The van der Waals surface area contributed by atoms with Crippen molar-refractivity contribution in [2.45, 2.75) is 26.9 Å². The number of rotatable bonds is 2. The molecule has 1 heteroatoms. The molecule has 0 aliphatic carbocycles. The predicted molar refractivity (Wildman–Crippen MR) is 56.6 cm³/mol. The number of hydrogen-bond acceptors (Lipinski definition) is 1. The van der Waals surface area contributed by atoms with Crippen LogP contribution >= 0.6 is 0 Å². The quantitative estimate of drug-likeness (QED) is 0.734. The lowest BCUT2D eigenvalue weighted by Crippen LogP contribution is -2.03. The molecule has 1 aromatic carbocycles. The maximum Gasteiger partial charge on any atom is 0.0762 e. The zero-order valence-corrected chi connectivity index (χ0v) is 8.46. The maximum absolute atomic E-state index is 9.37. The van der Waals surface area contributed by atoms with Crippen molar-refractivity contribution in [2.24, 2.45) is 0 Å². The van der Waals surface area contributed by atoms with Crippen molar-refractivity contribution in [3.05, 3.63) is 41.5 Å². The lowest BCUT2D eigenvalue weighted by molar-refractivity contribution is 0.253. The highest BCUT2D eigenvalue weighted by molar-refractivity contribution is 5.68. The Morgan fingerprint density at radius 3 is 2.46 bits per heavy atom. The van der Waals surface area contributed by atoms with Crippen LogP contribution < -0.4 is 0 Å². The summed E-state index contributed by atoms with van der Waals surface area (Å²) in [6, 6.07) is 6.15. The van der Waals surface area contributed by atoms with Gasteiger partial charge in [-0.1, -0.05) is 30.3 Å². The minimum atomic E-state index is -0.471. The topological polar surface area (TPSA) is 20.2 Å². The summed E-state index contributed by atoms with van der Waals surface area (Å²) in [5.41, 5.74) is 4.25. The molecule has 0 aliphatic rings. The van der Waals surface area contributed by atoms with Gasteiger partial charge in [0.1, 0.15) is 0 Å². The van der Waals surface area contributed by atoms with Crippen molar-refractivity contribution in [1.82, 2.24) is 0 Å². The predicted octanol–water partition coefficient (Wildman–Crippen LogP) is 2.70. The Bertz CT molecular complexity index is 324. The highest BCUT2D eigenvalue weighted by Crippen LogP contribution is 2.21. The molecule has 0 saturated heterocycles. The van der Waals surface area contributed by atoms with E-state index in [2.05, 4.69) is 19.6 Å². The van der Waals surface area contributed by atoms with E-state index in [0.29, 0.717) is 0 Å². The van der Waals surface area contributed by atoms with E-state index in [-0.39, 0.29) is 0 Å². The largest absolute Gasteiger partial charge is 0.389 e. The SMILES string of the molecule is C=C(c1ccc(C)cc1C)C(C)O. The fourth-order valence-electron chi connectivity index (χ4n) is 1.40. The normalized spacial score (nSPS) is 12.6. The molecule has 0 aromatic heterocycles. The minimum Gasteiger partial charge on any atom is -0.389 e. The maximum atomic E-state index is 9.37. The second kappa shape index (κ2) is 3.75. The molecule has 0 radical (unpaired) electrons. The standard InChI is InChI=1S/C12H16O/c1-8-5-6-12(9(2)7-8)10(3)11(4)13/h5-7,11,13H,3H2,1-2,4H3. The summed E-state index contributed by atoms with van der Waals surface area (Å²) in [4.78, 5) is 0. The second-order valence-electron chi connectivity index (χ2n) is 3.52. The van der Waals surface area contributed by atoms with Gasteiger partial charge in [-0.05, 0) is 37.5 Å². The summed E-state index contributed by atoms with van der Waals surface area (Å²) in [5.74, 6) is 0. The molecule has 0 bridgehead atoms. The lowest BCUT2D eigenvalue weighted by atomic mass is 9.97. The Balaban J connectivity index is 3.09. The van der Waals surface area contributed by atoms with E-state index in [1.807, 2.05) is 19.1 Å². The van der Waals surface area contributed by atoms with E-state index in [1.165, 1.54) is 11.1 Å². The van der Waals surface area contributed by atoms with Crippen LogP contribution in [-0.2, 0) is 0 Å². The molecular weight excluding hydrogens is 160 g/mol. The van der Waals surface area contributed by atoms with Crippen LogP contribution in [0.5, 0.6) is 0 Å². The van der Waals surface area contributed by atoms with Crippen molar-refractivity contribution < 1.29 is 5.11 Å². The molecule has 70 valence electrons. The van der Waals surface area contributed by atoms with Gasteiger partial charge >= 0.3 is 0 Å². The van der Waals surface area contributed by atoms with Gasteiger partial charge in [-0.25, -0.2) is 0 Å². The van der Waals surface area contributed by atoms with Crippen molar-refractivity contribution in [2.75, 3.05) is 0 Å². The number of aliphatic hydroxyl groups excluding tert-OH is 1. The van der Waals surface area contributed by atoms with E-state index in [9.17, 15) is 5.11 Å². The third-order valence-corrected chi connectivity index (χ3v) is 2.23. The Morgan fingerprint density at radius 1 is 1.38 bits per heavy atom. The van der Waals surface area contributed by atoms with Crippen LogP contribution in [0.2, 0.25) is 0 Å². The van der Waals surface area contributed by atoms with E-state index in [1.54, 1.807) is 6.92 Å². The first kappa shape index (κ1) is 10.0. The van der Waals surface area contributed by atoms with Gasteiger partial charge in [0.05, 0.1) is 6.10 Å². The fourth-order valence-corrected chi connectivity index (χ4v) is 1.40. The van der Waals surface area contributed by atoms with Crippen molar-refractivity contribution in [3.8, 4) is 0 Å². The molecule has 13 heavy (non-hydrogen) atoms. The first-order valence-corrected chi connectivity index (χ1v) is 4.47. The minimum absolute atomic E-state index is 0.471. The van der Waals surface area contributed by atoms with Crippen LogP contribution in [0, 0.1) is 13.8 Å². The van der Waals surface area contributed by atoms with Crippen LogP contribution in [-0.4, -0.2) is 11.2 Å². The molecule has 1 unspecified atom stereocenters. The number of aryl methyl sites for hydroxylation is 2. The number of hydrogen-bond donors (Lipinski definition) is 1. The summed E-state index contributed by atoms with van der Waals surface area (Å²) in [6.07, 6.45) is -0.471. The molecule has 0 saturated carbocycles.